The van der Waals surface area contributed by atoms with E-state index in [1.807, 2.05) is 0 Å². The van der Waals surface area contributed by atoms with Crippen LogP contribution in [0.5, 0.6) is 5.75 Å². The van der Waals surface area contributed by atoms with Crippen LogP contribution in [0.3, 0.4) is 0 Å². The summed E-state index contributed by atoms with van der Waals surface area (Å²) < 4.78 is 10.3. The second-order valence-corrected chi connectivity index (χ2v) is 5.52. The van der Waals surface area contributed by atoms with E-state index in [0.717, 1.165) is 11.8 Å². The molecule has 0 saturated carbocycles. The molecule has 7 nitrogen and oxygen atoms in total. The van der Waals surface area contributed by atoms with Gasteiger partial charge in [0.05, 0.1) is 24.1 Å². The summed E-state index contributed by atoms with van der Waals surface area (Å²) in [4.78, 5) is 3.99. The van der Waals surface area contributed by atoms with Gasteiger partial charge in [-0.05, 0) is 12.1 Å². The highest BCUT2D eigenvalue weighted by Crippen LogP contribution is 2.37. The number of nitrogens with zero attached hydrogens (tertiary/aromatic N) is 1. The number of aliphatic hydroxyl groups is 3. The minimum Gasteiger partial charge on any atom is -0.505 e. The van der Waals surface area contributed by atoms with Crippen molar-refractivity contribution in [3.63, 3.8) is 0 Å². The Bertz CT molecular complexity index is 446. The van der Waals surface area contributed by atoms with Crippen molar-refractivity contribution in [2.24, 2.45) is 0 Å². The van der Waals surface area contributed by atoms with Crippen LogP contribution in [0.1, 0.15) is 0 Å². The predicted molar refractivity (Wildman–Crippen MR) is 70.3 cm³/mol. The van der Waals surface area contributed by atoms with Crippen LogP contribution < -0.4 is 0 Å². The summed E-state index contributed by atoms with van der Waals surface area (Å²) in [6, 6.07) is 3.04. The third-order valence-corrected chi connectivity index (χ3v) is 4.44. The smallest absolute Gasteiger partial charge is 0.186 e. The number of aromatic nitrogens is 1. The van der Waals surface area contributed by atoms with Gasteiger partial charge in [-0.15, -0.1) is 0 Å². The van der Waals surface area contributed by atoms with Crippen molar-refractivity contribution in [3.8, 4) is 5.75 Å². The minimum atomic E-state index is -1.24. The topological polar surface area (TPSA) is 112 Å². The SMILES string of the molecule is COC1OC(CO)C(Sc2ncccc2O)C(O)C1O. The van der Waals surface area contributed by atoms with Crippen molar-refractivity contribution in [2.75, 3.05) is 13.7 Å². The molecule has 1 saturated heterocycles. The number of thioether (sulfide) groups is 1. The Morgan fingerprint density at radius 1 is 1.40 bits per heavy atom. The van der Waals surface area contributed by atoms with Crippen molar-refractivity contribution in [1.29, 1.82) is 0 Å². The van der Waals surface area contributed by atoms with Gasteiger partial charge >= 0.3 is 0 Å². The molecule has 8 heteroatoms. The largest absolute Gasteiger partial charge is 0.505 e. The zero-order valence-electron chi connectivity index (χ0n) is 10.8. The quantitative estimate of drug-likeness (QED) is 0.579. The summed E-state index contributed by atoms with van der Waals surface area (Å²) in [6.07, 6.45) is -2.68. The van der Waals surface area contributed by atoms with Gasteiger partial charge in [-0.1, -0.05) is 11.8 Å². The second-order valence-electron chi connectivity index (χ2n) is 4.35. The number of rotatable bonds is 4. The highest BCUT2D eigenvalue weighted by molar-refractivity contribution is 8.00. The van der Waals surface area contributed by atoms with Crippen molar-refractivity contribution in [1.82, 2.24) is 4.98 Å². The maximum absolute atomic E-state index is 10.1. The van der Waals surface area contributed by atoms with Crippen LogP contribution >= 0.6 is 11.8 Å². The van der Waals surface area contributed by atoms with Crippen LogP contribution in [0.2, 0.25) is 0 Å². The molecule has 1 fully saturated rings. The average molecular weight is 303 g/mol. The number of pyridine rings is 1. The van der Waals surface area contributed by atoms with Gasteiger partial charge in [0.15, 0.2) is 6.29 Å². The molecule has 112 valence electrons. The van der Waals surface area contributed by atoms with Crippen LogP contribution in [-0.2, 0) is 9.47 Å². The second kappa shape index (κ2) is 6.70. The number of hydrogen-bond donors (Lipinski definition) is 4. The van der Waals surface area contributed by atoms with E-state index >= 15 is 0 Å². The maximum atomic E-state index is 10.1. The Morgan fingerprint density at radius 3 is 2.75 bits per heavy atom. The lowest BCUT2D eigenvalue weighted by molar-refractivity contribution is -0.259. The van der Waals surface area contributed by atoms with E-state index in [1.54, 1.807) is 6.07 Å². The molecule has 0 spiro atoms. The molecule has 1 aromatic rings. The van der Waals surface area contributed by atoms with Gasteiger partial charge in [-0.25, -0.2) is 4.98 Å². The molecule has 0 aromatic carbocycles. The molecule has 0 radical (unpaired) electrons. The zero-order chi connectivity index (χ0) is 14.7. The normalized spacial score (nSPS) is 34.1. The van der Waals surface area contributed by atoms with E-state index in [-0.39, 0.29) is 12.4 Å². The Hall–Kier alpha value is -0.900. The first kappa shape index (κ1) is 15.5. The molecule has 5 atom stereocenters. The fourth-order valence-corrected chi connectivity index (χ4v) is 3.17. The third-order valence-electron chi connectivity index (χ3n) is 3.05. The predicted octanol–water partition coefficient (Wildman–Crippen LogP) is -0.667. The lowest BCUT2D eigenvalue weighted by Gasteiger charge is -2.41. The molecular weight excluding hydrogens is 286 g/mol. The van der Waals surface area contributed by atoms with Gasteiger partial charge in [0.2, 0.25) is 0 Å². The zero-order valence-corrected chi connectivity index (χ0v) is 11.6. The van der Waals surface area contributed by atoms with E-state index in [0.29, 0.717) is 5.03 Å². The monoisotopic (exact) mass is 303 g/mol. The van der Waals surface area contributed by atoms with Crippen LogP contribution in [-0.4, -0.2) is 69.0 Å². The number of methoxy groups -OCH3 is 1. The van der Waals surface area contributed by atoms with E-state index in [2.05, 4.69) is 4.98 Å². The number of aliphatic hydroxyl groups excluding tert-OH is 3. The molecule has 0 bridgehead atoms. The molecule has 2 heterocycles. The summed E-state index contributed by atoms with van der Waals surface area (Å²) in [5.74, 6) is -0.0373. The maximum Gasteiger partial charge on any atom is 0.186 e. The van der Waals surface area contributed by atoms with E-state index in [9.17, 15) is 20.4 Å². The van der Waals surface area contributed by atoms with Crippen LogP contribution in [0, 0.1) is 0 Å². The molecule has 1 aliphatic heterocycles. The van der Waals surface area contributed by atoms with Gasteiger partial charge in [0.25, 0.3) is 0 Å². The Labute approximate surface area is 120 Å². The van der Waals surface area contributed by atoms with E-state index < -0.39 is 29.9 Å². The Kier molecular flexibility index (Phi) is 5.19. The Morgan fingerprint density at radius 2 is 2.15 bits per heavy atom. The first-order chi connectivity index (χ1) is 9.58. The van der Waals surface area contributed by atoms with Crippen LogP contribution in [0.4, 0.5) is 0 Å². The Balaban J connectivity index is 2.18. The van der Waals surface area contributed by atoms with Gasteiger partial charge in [0, 0.05) is 13.3 Å². The molecule has 4 N–H and O–H groups in total. The molecule has 1 aliphatic rings. The van der Waals surface area contributed by atoms with E-state index in [1.165, 1.54) is 19.4 Å². The summed E-state index contributed by atoms with van der Waals surface area (Å²) in [5.41, 5.74) is 0. The molecule has 0 aliphatic carbocycles. The number of ether oxygens (including phenoxy) is 2. The van der Waals surface area contributed by atoms with Gasteiger partial charge in [-0.3, -0.25) is 0 Å². The van der Waals surface area contributed by atoms with Crippen molar-refractivity contribution < 1.29 is 29.9 Å². The minimum absolute atomic E-state index is 0.0373. The number of aromatic hydroxyl groups is 1. The first-order valence-corrected chi connectivity index (χ1v) is 6.92. The van der Waals surface area contributed by atoms with Crippen LogP contribution in [0.15, 0.2) is 23.4 Å². The summed E-state index contributed by atoms with van der Waals surface area (Å²) in [7, 11) is 1.34. The fourth-order valence-electron chi connectivity index (χ4n) is 2.00. The van der Waals surface area contributed by atoms with Gasteiger partial charge in [0.1, 0.15) is 16.9 Å². The molecule has 20 heavy (non-hydrogen) atoms. The van der Waals surface area contributed by atoms with E-state index in [4.69, 9.17) is 9.47 Å². The molecule has 2 rings (SSSR count). The van der Waals surface area contributed by atoms with Crippen molar-refractivity contribution in [2.45, 2.75) is 34.9 Å². The summed E-state index contributed by atoms with van der Waals surface area (Å²) >= 11 is 1.04. The van der Waals surface area contributed by atoms with Gasteiger partial charge < -0.3 is 29.9 Å². The first-order valence-electron chi connectivity index (χ1n) is 6.04. The highest BCUT2D eigenvalue weighted by Gasteiger charge is 2.45. The summed E-state index contributed by atoms with van der Waals surface area (Å²) in [6.45, 7) is -0.352. The average Bonchev–Trinajstić information content (AvgIpc) is 2.46. The lowest BCUT2D eigenvalue weighted by atomic mass is 10.0. The molecule has 0 amide bonds. The lowest BCUT2D eigenvalue weighted by Crippen LogP contribution is -2.57. The third kappa shape index (κ3) is 3.05. The molecular formula is C12H17NO6S. The van der Waals surface area contributed by atoms with Crippen molar-refractivity contribution >= 4 is 11.8 Å². The molecule has 1 aromatic heterocycles. The fraction of sp³-hybridized carbons (Fsp3) is 0.583. The van der Waals surface area contributed by atoms with Crippen molar-refractivity contribution in [3.05, 3.63) is 18.3 Å². The van der Waals surface area contributed by atoms with Gasteiger partial charge in [-0.2, -0.15) is 0 Å². The molecule has 5 unspecified atom stereocenters. The summed E-state index contributed by atoms with van der Waals surface area (Å²) in [5, 5.41) is 38.7. The standard InChI is InChI=1S/C12H17NO6S/c1-18-12-9(17)8(16)10(7(5-14)19-12)20-11-6(15)3-2-4-13-11/h2-4,7-10,12,14-17H,5H2,1H3. The van der Waals surface area contributed by atoms with Crippen LogP contribution in [0.25, 0.3) is 0 Å². The highest BCUT2D eigenvalue weighted by atomic mass is 32.2. The number of hydrogen-bond acceptors (Lipinski definition) is 8.